The molecule has 2 fully saturated rings. The summed E-state index contributed by atoms with van der Waals surface area (Å²) in [4.78, 5) is 21.2. The van der Waals surface area contributed by atoms with Gasteiger partial charge in [0, 0.05) is 29.6 Å². The average molecular weight is 330 g/mol. The van der Waals surface area contributed by atoms with Crippen molar-refractivity contribution in [2.24, 2.45) is 5.92 Å². The summed E-state index contributed by atoms with van der Waals surface area (Å²) >= 11 is 1.43. The summed E-state index contributed by atoms with van der Waals surface area (Å²) in [6, 6.07) is 6.42. The molecule has 0 radical (unpaired) electrons. The van der Waals surface area contributed by atoms with Crippen molar-refractivity contribution < 1.29 is 4.79 Å². The largest absolute Gasteiger partial charge is 0.302 e. The van der Waals surface area contributed by atoms with Crippen molar-refractivity contribution in [1.82, 2.24) is 26.4 Å². The molecule has 0 aromatic carbocycles. The van der Waals surface area contributed by atoms with Gasteiger partial charge in [0.05, 0.1) is 5.69 Å². The van der Waals surface area contributed by atoms with E-state index in [1.54, 1.807) is 6.20 Å². The van der Waals surface area contributed by atoms with Gasteiger partial charge >= 0.3 is 0 Å². The van der Waals surface area contributed by atoms with Gasteiger partial charge in [-0.25, -0.2) is 15.8 Å². The molecule has 7 nitrogen and oxygen atoms in total. The lowest BCUT2D eigenvalue weighted by atomic mass is 9.83. The van der Waals surface area contributed by atoms with Crippen LogP contribution in [0.3, 0.4) is 0 Å². The molecule has 2 aromatic rings. The third-order valence-electron chi connectivity index (χ3n) is 4.40. The van der Waals surface area contributed by atoms with Crippen molar-refractivity contribution in [3.05, 3.63) is 29.8 Å². The third kappa shape index (κ3) is 3.11. The Bertz CT molecular complexity index is 690. The van der Waals surface area contributed by atoms with Crippen LogP contribution in [0.2, 0.25) is 0 Å². The SMILES string of the molecule is O=C(Nc1nc(-c2ccccn2)cs1)C1CCC2NNNC2C1. The lowest BCUT2D eigenvalue weighted by Crippen LogP contribution is -2.42. The van der Waals surface area contributed by atoms with E-state index in [1.165, 1.54) is 11.3 Å². The Morgan fingerprint density at radius 3 is 3.00 bits per heavy atom. The van der Waals surface area contributed by atoms with Gasteiger partial charge in [-0.3, -0.25) is 9.78 Å². The fourth-order valence-corrected chi connectivity index (χ4v) is 3.85. The molecule has 23 heavy (non-hydrogen) atoms. The van der Waals surface area contributed by atoms with Crippen LogP contribution in [0.25, 0.3) is 11.4 Å². The Morgan fingerprint density at radius 1 is 1.22 bits per heavy atom. The highest BCUT2D eigenvalue weighted by molar-refractivity contribution is 7.14. The Balaban J connectivity index is 1.40. The molecule has 1 amide bonds. The van der Waals surface area contributed by atoms with E-state index in [4.69, 9.17) is 0 Å². The summed E-state index contributed by atoms with van der Waals surface area (Å²) in [5.74, 6) is 0.0757. The first-order chi connectivity index (χ1) is 11.3. The van der Waals surface area contributed by atoms with E-state index in [2.05, 4.69) is 31.7 Å². The molecule has 1 saturated carbocycles. The van der Waals surface area contributed by atoms with Gasteiger partial charge in [0.1, 0.15) is 5.69 Å². The number of hydrogen-bond acceptors (Lipinski definition) is 7. The number of nitrogens with zero attached hydrogens (tertiary/aromatic N) is 2. The second kappa shape index (κ2) is 6.32. The maximum absolute atomic E-state index is 12.5. The quantitative estimate of drug-likeness (QED) is 0.678. The zero-order chi connectivity index (χ0) is 15.6. The van der Waals surface area contributed by atoms with Gasteiger partial charge in [-0.1, -0.05) is 6.07 Å². The number of fused-ring (bicyclic) bond motifs is 1. The number of rotatable bonds is 3. The van der Waals surface area contributed by atoms with E-state index < -0.39 is 0 Å². The number of pyridine rings is 1. The van der Waals surface area contributed by atoms with Crippen molar-refractivity contribution in [3.8, 4) is 11.4 Å². The van der Waals surface area contributed by atoms with E-state index in [1.807, 2.05) is 23.6 Å². The molecule has 4 N–H and O–H groups in total. The van der Waals surface area contributed by atoms with E-state index in [-0.39, 0.29) is 11.8 Å². The molecule has 4 rings (SSSR count). The highest BCUT2D eigenvalue weighted by atomic mass is 32.1. The topological polar surface area (TPSA) is 91.0 Å². The monoisotopic (exact) mass is 330 g/mol. The molecule has 1 saturated heterocycles. The lowest BCUT2D eigenvalue weighted by Gasteiger charge is -2.29. The first kappa shape index (κ1) is 14.7. The number of amides is 1. The normalized spacial score (nSPS) is 26.7. The van der Waals surface area contributed by atoms with Gasteiger partial charge in [-0.2, -0.15) is 5.53 Å². The molecule has 8 heteroatoms. The minimum Gasteiger partial charge on any atom is -0.302 e. The highest BCUT2D eigenvalue weighted by Crippen LogP contribution is 2.28. The number of carbonyl (C=O) groups excluding carboxylic acids is 1. The molecular formula is C15H18N6OS. The third-order valence-corrected chi connectivity index (χ3v) is 5.16. The zero-order valence-corrected chi connectivity index (χ0v) is 13.3. The summed E-state index contributed by atoms with van der Waals surface area (Å²) in [6.45, 7) is 0. The molecular weight excluding hydrogens is 312 g/mol. The number of hydrogen-bond donors (Lipinski definition) is 4. The lowest BCUT2D eigenvalue weighted by molar-refractivity contribution is -0.121. The minimum absolute atomic E-state index is 0.0210. The summed E-state index contributed by atoms with van der Waals surface area (Å²) in [5.41, 5.74) is 10.9. The van der Waals surface area contributed by atoms with Gasteiger partial charge < -0.3 is 5.32 Å². The Morgan fingerprint density at radius 2 is 2.13 bits per heavy atom. The second-order valence-electron chi connectivity index (χ2n) is 5.88. The smallest absolute Gasteiger partial charge is 0.229 e. The molecule has 0 spiro atoms. The highest BCUT2D eigenvalue weighted by Gasteiger charge is 2.36. The van der Waals surface area contributed by atoms with Crippen LogP contribution in [0.15, 0.2) is 29.8 Å². The molecule has 1 aliphatic carbocycles. The van der Waals surface area contributed by atoms with E-state index in [0.29, 0.717) is 17.2 Å². The molecule has 1 aliphatic heterocycles. The molecule has 2 aromatic heterocycles. The van der Waals surface area contributed by atoms with Gasteiger partial charge in [0.25, 0.3) is 0 Å². The number of thiazole rings is 1. The fourth-order valence-electron chi connectivity index (χ4n) is 3.14. The van der Waals surface area contributed by atoms with Crippen LogP contribution in [0, 0.1) is 5.92 Å². The predicted octanol–water partition coefficient (Wildman–Crippen LogP) is 1.29. The number of anilines is 1. The summed E-state index contributed by atoms with van der Waals surface area (Å²) in [7, 11) is 0. The van der Waals surface area contributed by atoms with Crippen LogP contribution in [0.5, 0.6) is 0 Å². The number of carbonyl (C=O) groups is 1. The minimum atomic E-state index is 0.0210. The standard InChI is InChI=1S/C15H18N6OS/c22-14(9-4-5-11-12(7-9)20-21-19-11)18-15-17-13(8-23-15)10-3-1-2-6-16-10/h1-3,6,8-9,11-12,19-21H,4-5,7H2,(H,17,18,22). The fraction of sp³-hybridized carbons (Fsp3) is 0.400. The number of nitrogens with one attached hydrogen (secondary N) is 4. The molecule has 0 bridgehead atoms. The van der Waals surface area contributed by atoms with Crippen molar-refractivity contribution in [1.29, 1.82) is 0 Å². The van der Waals surface area contributed by atoms with Crippen molar-refractivity contribution in [2.45, 2.75) is 31.3 Å². The van der Waals surface area contributed by atoms with E-state index in [0.717, 1.165) is 30.7 Å². The van der Waals surface area contributed by atoms with Crippen LogP contribution in [-0.2, 0) is 4.79 Å². The van der Waals surface area contributed by atoms with Crippen LogP contribution in [0.1, 0.15) is 19.3 Å². The molecule has 3 heterocycles. The van der Waals surface area contributed by atoms with Crippen LogP contribution in [0.4, 0.5) is 5.13 Å². The zero-order valence-electron chi connectivity index (χ0n) is 12.5. The van der Waals surface area contributed by atoms with Gasteiger partial charge in [0.2, 0.25) is 5.91 Å². The first-order valence-electron chi connectivity index (χ1n) is 7.73. The second-order valence-corrected chi connectivity index (χ2v) is 6.74. The molecule has 120 valence electrons. The predicted molar refractivity (Wildman–Crippen MR) is 88.3 cm³/mol. The maximum Gasteiger partial charge on any atom is 0.229 e. The number of hydrazine groups is 2. The molecule has 3 unspecified atom stereocenters. The maximum atomic E-state index is 12.5. The Labute approximate surface area is 137 Å². The van der Waals surface area contributed by atoms with Crippen LogP contribution < -0.4 is 21.7 Å². The van der Waals surface area contributed by atoms with Crippen molar-refractivity contribution in [3.63, 3.8) is 0 Å². The summed E-state index contributed by atoms with van der Waals surface area (Å²) in [5, 5.41) is 5.50. The number of aromatic nitrogens is 2. The Kier molecular flexibility index (Phi) is 4.04. The van der Waals surface area contributed by atoms with Crippen molar-refractivity contribution >= 4 is 22.4 Å². The first-order valence-corrected chi connectivity index (χ1v) is 8.61. The average Bonchev–Trinajstić information content (AvgIpc) is 3.24. The molecule has 2 aliphatic rings. The van der Waals surface area contributed by atoms with Crippen LogP contribution in [-0.4, -0.2) is 28.0 Å². The van der Waals surface area contributed by atoms with Crippen LogP contribution >= 0.6 is 11.3 Å². The van der Waals surface area contributed by atoms with Gasteiger partial charge in [0.15, 0.2) is 5.13 Å². The van der Waals surface area contributed by atoms with Gasteiger partial charge in [-0.05, 0) is 31.4 Å². The van der Waals surface area contributed by atoms with E-state index >= 15 is 0 Å². The molecule has 3 atom stereocenters. The van der Waals surface area contributed by atoms with Crippen molar-refractivity contribution in [2.75, 3.05) is 5.32 Å². The van der Waals surface area contributed by atoms with E-state index in [9.17, 15) is 4.79 Å². The summed E-state index contributed by atoms with van der Waals surface area (Å²) in [6.07, 6.45) is 4.44. The summed E-state index contributed by atoms with van der Waals surface area (Å²) < 4.78 is 0. The van der Waals surface area contributed by atoms with Gasteiger partial charge in [-0.15, -0.1) is 11.3 Å². The Hall–Kier alpha value is -1.87.